The summed E-state index contributed by atoms with van der Waals surface area (Å²) in [5, 5.41) is 16.7. The van der Waals surface area contributed by atoms with Crippen LogP contribution in [0, 0.1) is 5.41 Å². The van der Waals surface area contributed by atoms with Gasteiger partial charge < -0.3 is 16.0 Å². The van der Waals surface area contributed by atoms with Gasteiger partial charge in [-0.2, -0.15) is 5.10 Å². The van der Waals surface area contributed by atoms with Crippen molar-refractivity contribution in [3.63, 3.8) is 0 Å². The van der Waals surface area contributed by atoms with Gasteiger partial charge in [0.2, 0.25) is 0 Å². The van der Waals surface area contributed by atoms with Crippen molar-refractivity contribution in [1.82, 2.24) is 26.1 Å². The van der Waals surface area contributed by atoms with Crippen LogP contribution < -0.4 is 16.0 Å². The molecule has 0 amide bonds. The van der Waals surface area contributed by atoms with Gasteiger partial charge in [-0.05, 0) is 38.7 Å². The first-order chi connectivity index (χ1) is 14.4. The van der Waals surface area contributed by atoms with E-state index < -0.39 is 11.3 Å². The van der Waals surface area contributed by atoms with Crippen LogP contribution in [0.1, 0.15) is 63.5 Å². The third-order valence-electron chi connectivity index (χ3n) is 6.77. The fourth-order valence-electron chi connectivity index (χ4n) is 4.90. The lowest BCUT2D eigenvalue weighted by Gasteiger charge is -2.52. The molecule has 8 heteroatoms. The number of H-pyrrole nitrogens is 1. The zero-order chi connectivity index (χ0) is 21.2. The maximum atomic E-state index is 14.6. The molecule has 1 aromatic rings. The lowest BCUT2D eigenvalue weighted by molar-refractivity contribution is -0.177. The van der Waals surface area contributed by atoms with Gasteiger partial charge in [-0.3, -0.25) is 5.10 Å². The molecule has 1 aromatic heterocycles. The molecule has 1 atom stereocenters. The number of nitrogens with zero attached hydrogens (tertiary/aromatic N) is 2. The second-order valence-electron chi connectivity index (χ2n) is 8.94. The first-order valence-corrected chi connectivity index (χ1v) is 11.0. The number of aliphatic imine (C=N–C) groups is 1. The summed E-state index contributed by atoms with van der Waals surface area (Å²) in [6.07, 6.45) is 9.64. The zero-order valence-electron chi connectivity index (χ0n) is 17.6. The van der Waals surface area contributed by atoms with Crippen molar-refractivity contribution in [1.29, 1.82) is 0 Å². The Morgan fingerprint density at radius 3 is 2.70 bits per heavy atom. The molecule has 3 fully saturated rings. The van der Waals surface area contributed by atoms with Gasteiger partial charge in [-0.25, -0.2) is 13.8 Å². The third-order valence-corrected chi connectivity index (χ3v) is 6.77. The molecule has 164 valence electrons. The van der Waals surface area contributed by atoms with E-state index in [2.05, 4.69) is 37.7 Å². The van der Waals surface area contributed by atoms with Gasteiger partial charge in [-0.15, -0.1) is 0 Å². The maximum Gasteiger partial charge on any atom is 0.258 e. The Hall–Kier alpha value is -2.22. The van der Waals surface area contributed by atoms with Gasteiger partial charge in [-0.1, -0.05) is 25.5 Å². The van der Waals surface area contributed by atoms with E-state index >= 15 is 0 Å². The molecule has 1 aliphatic heterocycles. The molecule has 30 heavy (non-hydrogen) atoms. The Morgan fingerprint density at radius 2 is 2.07 bits per heavy atom. The number of alkyl halides is 2. The van der Waals surface area contributed by atoms with Crippen LogP contribution in [0.3, 0.4) is 0 Å². The van der Waals surface area contributed by atoms with E-state index in [0.717, 1.165) is 5.69 Å². The van der Waals surface area contributed by atoms with Crippen molar-refractivity contribution in [2.45, 2.75) is 69.8 Å². The predicted octanol–water partition coefficient (Wildman–Crippen LogP) is 4.10. The number of nitrogens with one attached hydrogen (secondary N) is 4. The van der Waals surface area contributed by atoms with Crippen LogP contribution in [0.15, 0.2) is 35.6 Å². The Bertz CT molecular complexity index is 817. The third kappa shape index (κ3) is 4.29. The quantitative estimate of drug-likeness (QED) is 0.414. The number of hydrogen-bond acceptors (Lipinski definition) is 4. The normalized spacial score (nSPS) is 26.1. The molecule has 2 heterocycles. The molecule has 0 bridgehead atoms. The number of aromatic nitrogens is 2. The molecule has 6 nitrogen and oxygen atoms in total. The van der Waals surface area contributed by atoms with Crippen LogP contribution in [0.5, 0.6) is 0 Å². The summed E-state index contributed by atoms with van der Waals surface area (Å²) in [6.45, 7) is 6.70. The molecule has 4 rings (SSSR count). The topological polar surface area (TPSA) is 77.1 Å². The van der Waals surface area contributed by atoms with Gasteiger partial charge in [0.15, 0.2) is 5.82 Å². The van der Waals surface area contributed by atoms with Crippen LogP contribution >= 0.6 is 0 Å². The Morgan fingerprint density at radius 1 is 1.30 bits per heavy atom. The Labute approximate surface area is 176 Å². The number of halogens is 2. The summed E-state index contributed by atoms with van der Waals surface area (Å²) < 4.78 is 29.3. The van der Waals surface area contributed by atoms with E-state index in [0.29, 0.717) is 49.3 Å². The molecule has 2 saturated carbocycles. The smallest absolute Gasteiger partial charge is 0.258 e. The van der Waals surface area contributed by atoms with Crippen LogP contribution in [-0.2, 0) is 0 Å². The molecule has 1 unspecified atom stereocenters. The lowest BCUT2D eigenvalue weighted by atomic mass is 9.65. The van der Waals surface area contributed by atoms with Crippen LogP contribution in [0.25, 0.3) is 0 Å². The van der Waals surface area contributed by atoms with E-state index in [-0.39, 0.29) is 12.5 Å². The monoisotopic (exact) mass is 418 g/mol. The van der Waals surface area contributed by atoms with E-state index in [9.17, 15) is 8.78 Å². The van der Waals surface area contributed by atoms with E-state index in [1.54, 1.807) is 0 Å². The first-order valence-electron chi connectivity index (χ1n) is 11.0. The highest BCUT2D eigenvalue weighted by molar-refractivity contribution is 5.95. The number of rotatable bonds is 6. The minimum Gasteiger partial charge on any atom is -0.369 e. The molecule has 1 spiro atoms. The average Bonchev–Trinajstić information content (AvgIpc) is 3.31. The molecule has 0 radical (unpaired) electrons. The highest BCUT2D eigenvalue weighted by Crippen LogP contribution is 2.50. The maximum absolute atomic E-state index is 14.6. The minimum absolute atomic E-state index is 0.171. The molecule has 0 aromatic carbocycles. The summed E-state index contributed by atoms with van der Waals surface area (Å²) in [7, 11) is 0. The standard InChI is InChI=1S/C22H32F2N6/c1-3-6-19(28-20-11-18(29-30-20)16-7-4-5-8-16)27-15(2)26-17-9-10-21(13-25-14-21)22(23,24)12-17/h3,6,11,16-17,25-26H,2,4-5,7-10,12-14H2,1H3,(H2,27,28,29,30)/b6-3-. The van der Waals surface area contributed by atoms with Crippen molar-refractivity contribution in [2.24, 2.45) is 10.4 Å². The molecule has 2 aliphatic carbocycles. The van der Waals surface area contributed by atoms with Crippen LogP contribution in [-0.4, -0.2) is 41.1 Å². The van der Waals surface area contributed by atoms with Crippen molar-refractivity contribution in [3.8, 4) is 0 Å². The molecule has 1 saturated heterocycles. The van der Waals surface area contributed by atoms with E-state index in [1.807, 2.05) is 25.1 Å². The summed E-state index contributed by atoms with van der Waals surface area (Å²) in [5.74, 6) is -0.476. The highest BCUT2D eigenvalue weighted by Gasteiger charge is 2.59. The van der Waals surface area contributed by atoms with E-state index in [1.165, 1.54) is 25.7 Å². The fraction of sp³-hybridized carbons (Fsp3) is 0.636. The van der Waals surface area contributed by atoms with Gasteiger partial charge in [0.05, 0.1) is 11.2 Å². The van der Waals surface area contributed by atoms with E-state index in [4.69, 9.17) is 0 Å². The predicted molar refractivity (Wildman–Crippen MR) is 115 cm³/mol. The molecule has 4 N–H and O–H groups in total. The van der Waals surface area contributed by atoms with Crippen molar-refractivity contribution >= 4 is 11.7 Å². The first kappa shape index (κ1) is 21.0. The van der Waals surface area contributed by atoms with Gasteiger partial charge in [0.1, 0.15) is 5.84 Å². The second-order valence-corrected chi connectivity index (χ2v) is 8.94. The highest BCUT2D eigenvalue weighted by atomic mass is 19.3. The van der Waals surface area contributed by atoms with Gasteiger partial charge >= 0.3 is 0 Å². The SMILES string of the molecule is C=C(NC(/C=C\C)=Nc1cc(C2CCCC2)[nH]n1)NC1CCC2(CNC2)C(F)(F)C1. The van der Waals surface area contributed by atoms with Gasteiger partial charge in [0, 0.05) is 43.2 Å². The summed E-state index contributed by atoms with van der Waals surface area (Å²) >= 11 is 0. The fourth-order valence-corrected chi connectivity index (χ4v) is 4.90. The van der Waals surface area contributed by atoms with Crippen molar-refractivity contribution in [2.75, 3.05) is 13.1 Å². The Kier molecular flexibility index (Phi) is 5.95. The largest absolute Gasteiger partial charge is 0.369 e. The average molecular weight is 419 g/mol. The van der Waals surface area contributed by atoms with Crippen molar-refractivity contribution in [3.05, 3.63) is 36.3 Å². The van der Waals surface area contributed by atoms with Crippen LogP contribution in [0.4, 0.5) is 14.6 Å². The second kappa shape index (κ2) is 8.49. The number of hydrogen-bond donors (Lipinski definition) is 4. The van der Waals surface area contributed by atoms with Crippen LogP contribution in [0.2, 0.25) is 0 Å². The molecular formula is C22H32F2N6. The summed E-state index contributed by atoms with van der Waals surface area (Å²) in [6, 6.07) is 1.68. The molecule has 3 aliphatic rings. The minimum atomic E-state index is -2.67. The lowest BCUT2D eigenvalue weighted by Crippen LogP contribution is -2.66. The number of amidine groups is 1. The number of allylic oxidation sites excluding steroid dienone is 1. The zero-order valence-corrected chi connectivity index (χ0v) is 17.6. The van der Waals surface area contributed by atoms with Crippen molar-refractivity contribution < 1.29 is 8.78 Å². The Balaban J connectivity index is 1.36. The van der Waals surface area contributed by atoms with Gasteiger partial charge in [0.25, 0.3) is 5.92 Å². The summed E-state index contributed by atoms with van der Waals surface area (Å²) in [4.78, 5) is 4.57. The number of aromatic amines is 1. The summed E-state index contributed by atoms with van der Waals surface area (Å²) in [5.41, 5.74) is 0.279. The molecular weight excluding hydrogens is 386 g/mol.